The molecule has 10 nitrogen and oxygen atoms in total. The fourth-order valence-electron chi connectivity index (χ4n) is 4.10. The number of nitrogens with zero attached hydrogens (tertiary/aromatic N) is 5. The van der Waals surface area contributed by atoms with Gasteiger partial charge in [0.05, 0.1) is 21.9 Å². The number of hydrogen-bond acceptors (Lipinski definition) is 7. The molecule has 3 aromatic heterocycles. The Balaban J connectivity index is 1.48. The molecular formula is C27H21N5O5. The summed E-state index contributed by atoms with van der Waals surface area (Å²) in [5.74, 6) is -0.206. The molecule has 0 amide bonds. The summed E-state index contributed by atoms with van der Waals surface area (Å²) in [5.41, 5.74) is 2.96. The van der Waals surface area contributed by atoms with E-state index in [4.69, 9.17) is 4.74 Å². The van der Waals surface area contributed by atoms with Crippen LogP contribution in [-0.2, 0) is 0 Å². The smallest absolute Gasteiger partial charge is 0.270 e. The molecule has 0 aliphatic heterocycles. The summed E-state index contributed by atoms with van der Waals surface area (Å²) >= 11 is 0. The number of nitro benzene ring substituents is 1. The van der Waals surface area contributed by atoms with Gasteiger partial charge in [0.25, 0.3) is 11.2 Å². The second-order valence-corrected chi connectivity index (χ2v) is 8.38. The van der Waals surface area contributed by atoms with Gasteiger partial charge in [0.1, 0.15) is 5.69 Å². The van der Waals surface area contributed by atoms with Crippen LogP contribution < -0.4 is 10.3 Å². The zero-order chi connectivity index (χ0) is 26.1. The lowest BCUT2D eigenvalue weighted by Gasteiger charge is -2.11. The van der Waals surface area contributed by atoms with Crippen molar-refractivity contribution in [3.05, 3.63) is 116 Å². The Kier molecular flexibility index (Phi) is 6.06. The summed E-state index contributed by atoms with van der Waals surface area (Å²) in [6, 6.07) is 20.1. The van der Waals surface area contributed by atoms with Gasteiger partial charge in [0.2, 0.25) is 0 Å². The van der Waals surface area contributed by atoms with Crippen LogP contribution in [0.1, 0.15) is 21.7 Å². The van der Waals surface area contributed by atoms with Crippen LogP contribution in [0.4, 0.5) is 5.69 Å². The number of pyridine rings is 1. The van der Waals surface area contributed by atoms with Gasteiger partial charge in [-0.1, -0.05) is 30.3 Å². The highest BCUT2D eigenvalue weighted by Crippen LogP contribution is 2.24. The van der Waals surface area contributed by atoms with Crippen LogP contribution in [0, 0.1) is 24.0 Å². The zero-order valence-corrected chi connectivity index (χ0v) is 20.0. The third kappa shape index (κ3) is 4.47. The van der Waals surface area contributed by atoms with E-state index in [2.05, 4.69) is 10.1 Å². The van der Waals surface area contributed by atoms with Crippen LogP contribution in [0.5, 0.6) is 5.75 Å². The summed E-state index contributed by atoms with van der Waals surface area (Å²) in [6.45, 7) is 3.26. The molecule has 10 heteroatoms. The molecule has 0 N–H and O–H groups in total. The molecule has 0 aliphatic carbocycles. The molecule has 0 aliphatic rings. The fourth-order valence-corrected chi connectivity index (χ4v) is 4.10. The van der Waals surface area contributed by atoms with Gasteiger partial charge in [-0.2, -0.15) is 5.10 Å². The lowest BCUT2D eigenvalue weighted by atomic mass is 10.1. The Hall–Kier alpha value is -5.12. The zero-order valence-electron chi connectivity index (χ0n) is 20.0. The van der Waals surface area contributed by atoms with E-state index in [1.54, 1.807) is 29.9 Å². The first-order valence-electron chi connectivity index (χ1n) is 11.4. The maximum Gasteiger partial charge on any atom is 0.270 e. The number of carbonyl (C=O) groups is 1. The van der Waals surface area contributed by atoms with Crippen LogP contribution in [0.15, 0.2) is 83.8 Å². The van der Waals surface area contributed by atoms with E-state index in [9.17, 15) is 19.7 Å². The van der Waals surface area contributed by atoms with Crippen molar-refractivity contribution >= 4 is 17.1 Å². The first kappa shape index (κ1) is 23.6. The highest BCUT2D eigenvalue weighted by Gasteiger charge is 2.19. The molecule has 5 aromatic rings. The number of para-hydroxylation sites is 1. The Morgan fingerprint density at radius 3 is 2.57 bits per heavy atom. The van der Waals surface area contributed by atoms with Crippen LogP contribution in [-0.4, -0.2) is 36.5 Å². The number of rotatable bonds is 7. The molecule has 0 bridgehead atoms. The number of ketones is 1. The topological polar surface area (TPSA) is 122 Å². The predicted molar refractivity (Wildman–Crippen MR) is 136 cm³/mol. The summed E-state index contributed by atoms with van der Waals surface area (Å²) < 4.78 is 8.83. The van der Waals surface area contributed by atoms with Crippen molar-refractivity contribution in [1.82, 2.24) is 19.2 Å². The average Bonchev–Trinajstić information content (AvgIpc) is 3.28. The van der Waals surface area contributed by atoms with Crippen molar-refractivity contribution in [2.45, 2.75) is 13.8 Å². The summed E-state index contributed by atoms with van der Waals surface area (Å²) in [6.07, 6.45) is 1.57. The molecule has 2 aromatic carbocycles. The van der Waals surface area contributed by atoms with Gasteiger partial charge in [-0.15, -0.1) is 0 Å². The highest BCUT2D eigenvalue weighted by atomic mass is 16.6. The van der Waals surface area contributed by atoms with Crippen molar-refractivity contribution in [3.63, 3.8) is 0 Å². The predicted octanol–water partition coefficient (Wildman–Crippen LogP) is 4.33. The number of aromatic nitrogens is 4. The van der Waals surface area contributed by atoms with Crippen molar-refractivity contribution in [2.75, 3.05) is 6.61 Å². The number of nitro groups is 1. The van der Waals surface area contributed by atoms with Crippen LogP contribution in [0.2, 0.25) is 0 Å². The molecule has 0 unspecified atom stereocenters. The molecule has 0 fully saturated rings. The maximum absolute atomic E-state index is 13.5. The number of Topliss-reactive ketones (excluding diaryl/α,β-unsaturated/α-hetero) is 1. The summed E-state index contributed by atoms with van der Waals surface area (Å²) in [5, 5.41) is 15.7. The minimum Gasteiger partial charge on any atom is -0.482 e. The molecule has 0 spiro atoms. The third-order valence-corrected chi connectivity index (χ3v) is 5.88. The molecule has 0 saturated carbocycles. The van der Waals surface area contributed by atoms with E-state index in [0.29, 0.717) is 17.0 Å². The third-order valence-electron chi connectivity index (χ3n) is 5.88. The van der Waals surface area contributed by atoms with Gasteiger partial charge < -0.3 is 4.74 Å². The van der Waals surface area contributed by atoms with Crippen molar-refractivity contribution in [3.8, 4) is 22.7 Å². The van der Waals surface area contributed by atoms with Crippen molar-refractivity contribution in [2.24, 2.45) is 0 Å². The van der Waals surface area contributed by atoms with E-state index in [1.807, 2.05) is 43.3 Å². The maximum atomic E-state index is 13.5. The quantitative estimate of drug-likeness (QED) is 0.187. The number of hydrogen-bond donors (Lipinski definition) is 0. The second kappa shape index (κ2) is 9.50. The molecule has 0 radical (unpaired) electrons. The first-order chi connectivity index (χ1) is 17.8. The normalized spacial score (nSPS) is 11.0. The number of benzene rings is 2. The van der Waals surface area contributed by atoms with E-state index in [1.165, 1.54) is 28.7 Å². The fraction of sp³-hybridized carbons (Fsp3) is 0.111. The van der Waals surface area contributed by atoms with Crippen molar-refractivity contribution in [1.29, 1.82) is 0 Å². The molecular weight excluding hydrogens is 474 g/mol. The largest absolute Gasteiger partial charge is 0.482 e. The molecule has 0 atom stereocenters. The summed E-state index contributed by atoms with van der Waals surface area (Å²) in [7, 11) is 0. The minimum atomic E-state index is -0.566. The van der Waals surface area contributed by atoms with Gasteiger partial charge >= 0.3 is 0 Å². The van der Waals surface area contributed by atoms with E-state index in [0.717, 1.165) is 11.4 Å². The standard InChI is InChI=1S/C27H21N5O5/c1-17-14-22(29-31(17)20-9-4-3-5-10-20)25-18(2)28-26-24(12-7-13-30(26)27(25)34)37-16-23(33)19-8-6-11-21(15-19)32(35)36/h3-15H,16H2,1-2H3. The minimum absolute atomic E-state index is 0.155. The Labute approximate surface area is 210 Å². The molecule has 37 heavy (non-hydrogen) atoms. The monoisotopic (exact) mass is 495 g/mol. The second-order valence-electron chi connectivity index (χ2n) is 8.38. The Morgan fingerprint density at radius 1 is 1.03 bits per heavy atom. The lowest BCUT2D eigenvalue weighted by Crippen LogP contribution is -2.20. The number of ether oxygens (including phenoxy) is 1. The molecule has 184 valence electrons. The Morgan fingerprint density at radius 2 is 1.81 bits per heavy atom. The average molecular weight is 495 g/mol. The van der Waals surface area contributed by atoms with E-state index in [-0.39, 0.29) is 34.8 Å². The van der Waals surface area contributed by atoms with Gasteiger partial charge in [0, 0.05) is 29.6 Å². The lowest BCUT2D eigenvalue weighted by molar-refractivity contribution is -0.384. The number of fused-ring (bicyclic) bond motifs is 1. The summed E-state index contributed by atoms with van der Waals surface area (Å²) in [4.78, 5) is 41.2. The highest BCUT2D eigenvalue weighted by molar-refractivity contribution is 5.97. The van der Waals surface area contributed by atoms with E-state index >= 15 is 0 Å². The molecule has 3 heterocycles. The van der Waals surface area contributed by atoms with Gasteiger partial charge in [-0.3, -0.25) is 24.1 Å². The van der Waals surface area contributed by atoms with Crippen molar-refractivity contribution < 1.29 is 14.5 Å². The first-order valence-corrected chi connectivity index (χ1v) is 11.4. The van der Waals surface area contributed by atoms with Crippen LogP contribution >= 0.6 is 0 Å². The van der Waals surface area contributed by atoms with Crippen LogP contribution in [0.25, 0.3) is 22.6 Å². The number of non-ortho nitro benzene ring substituents is 1. The SMILES string of the molecule is Cc1nc2c(OCC(=O)c3cccc([N+](=O)[O-])c3)cccn2c(=O)c1-c1cc(C)n(-c2ccccc2)n1. The van der Waals surface area contributed by atoms with Crippen LogP contribution in [0.3, 0.4) is 0 Å². The molecule has 5 rings (SSSR count). The Bertz CT molecular complexity index is 1720. The van der Waals surface area contributed by atoms with Gasteiger partial charge in [0.15, 0.2) is 23.8 Å². The van der Waals surface area contributed by atoms with E-state index < -0.39 is 10.7 Å². The number of aryl methyl sites for hydroxylation is 2. The number of carbonyl (C=O) groups excluding carboxylic acids is 1. The van der Waals surface area contributed by atoms with Gasteiger partial charge in [-0.05, 0) is 44.2 Å². The van der Waals surface area contributed by atoms with Gasteiger partial charge in [-0.25, -0.2) is 9.67 Å². The molecule has 0 saturated heterocycles.